The van der Waals surface area contributed by atoms with Gasteiger partial charge in [-0.3, -0.25) is 14.5 Å². The molecule has 2 aromatic carbocycles. The van der Waals surface area contributed by atoms with Gasteiger partial charge in [0.05, 0.1) is 5.69 Å². The molecule has 0 spiro atoms. The fourth-order valence-corrected chi connectivity index (χ4v) is 4.95. The van der Waals surface area contributed by atoms with E-state index in [1.807, 2.05) is 53.9 Å². The molecule has 33 heavy (non-hydrogen) atoms. The predicted octanol–water partition coefficient (Wildman–Crippen LogP) is 5.70. The highest BCUT2D eigenvalue weighted by Crippen LogP contribution is 2.38. The summed E-state index contributed by atoms with van der Waals surface area (Å²) in [6, 6.07) is 19.4. The molecule has 1 heterocycles. The molecular formula is C27H26N2O3S. The first-order chi connectivity index (χ1) is 16.2. The summed E-state index contributed by atoms with van der Waals surface area (Å²) < 4.78 is 6.09. The van der Waals surface area contributed by atoms with E-state index in [-0.39, 0.29) is 11.9 Å². The van der Waals surface area contributed by atoms with Crippen LogP contribution in [-0.2, 0) is 9.59 Å². The molecular weight excluding hydrogens is 432 g/mol. The number of nitrogens with zero attached hydrogens (tertiary/aromatic N) is 1. The van der Waals surface area contributed by atoms with Crippen LogP contribution in [-0.4, -0.2) is 17.9 Å². The first kappa shape index (κ1) is 22.6. The van der Waals surface area contributed by atoms with Gasteiger partial charge in [0.15, 0.2) is 11.8 Å². The Balaban J connectivity index is 1.73. The number of amides is 2. The van der Waals surface area contributed by atoms with Crippen molar-refractivity contribution in [2.45, 2.75) is 44.2 Å². The van der Waals surface area contributed by atoms with E-state index in [1.165, 1.54) is 22.7 Å². The van der Waals surface area contributed by atoms with Crippen molar-refractivity contribution in [3.8, 4) is 23.8 Å². The number of benzene rings is 2. The SMILES string of the molecule is C#CC(=O)N(c1ccccc1Oc1ccccc1)C(C(=O)NC1CCCCC1)c1cccs1. The van der Waals surface area contributed by atoms with E-state index in [0.29, 0.717) is 17.2 Å². The standard InChI is InChI=1S/C27H26N2O3S/c1-2-25(30)29(22-16-9-10-17-23(22)32-21-14-7-4-8-15-21)26(24-18-11-19-33-24)27(31)28-20-12-5-3-6-13-20/h1,4,7-11,14-20,26H,3,5-6,12-13H2,(H,28,31). The van der Waals surface area contributed by atoms with E-state index in [9.17, 15) is 9.59 Å². The second-order valence-electron chi connectivity index (χ2n) is 7.96. The number of rotatable bonds is 7. The van der Waals surface area contributed by atoms with E-state index in [0.717, 1.165) is 30.6 Å². The zero-order valence-electron chi connectivity index (χ0n) is 18.3. The van der Waals surface area contributed by atoms with Crippen LogP contribution in [0.2, 0.25) is 0 Å². The molecule has 3 aromatic rings. The van der Waals surface area contributed by atoms with Crippen molar-refractivity contribution in [2.75, 3.05) is 4.90 Å². The van der Waals surface area contributed by atoms with Crippen LogP contribution in [0.4, 0.5) is 5.69 Å². The summed E-state index contributed by atoms with van der Waals surface area (Å²) in [7, 11) is 0. The Morgan fingerprint density at radius 1 is 1.00 bits per heavy atom. The van der Waals surface area contributed by atoms with Gasteiger partial charge in [0.25, 0.3) is 0 Å². The molecule has 6 heteroatoms. The number of para-hydroxylation sites is 3. The van der Waals surface area contributed by atoms with Crippen LogP contribution in [0.5, 0.6) is 11.5 Å². The van der Waals surface area contributed by atoms with Gasteiger partial charge in [-0.2, -0.15) is 0 Å². The van der Waals surface area contributed by atoms with Gasteiger partial charge >= 0.3 is 5.91 Å². The van der Waals surface area contributed by atoms with Crippen molar-refractivity contribution in [2.24, 2.45) is 0 Å². The minimum Gasteiger partial charge on any atom is -0.455 e. The molecule has 0 bridgehead atoms. The van der Waals surface area contributed by atoms with Gasteiger partial charge in [-0.15, -0.1) is 17.8 Å². The van der Waals surface area contributed by atoms with Gasteiger partial charge in [0.2, 0.25) is 5.91 Å². The summed E-state index contributed by atoms with van der Waals surface area (Å²) in [5.74, 6) is 2.44. The van der Waals surface area contributed by atoms with Crippen molar-refractivity contribution in [1.82, 2.24) is 5.32 Å². The normalized spacial score (nSPS) is 14.6. The molecule has 5 nitrogen and oxygen atoms in total. The number of ether oxygens (including phenoxy) is 1. The number of nitrogens with one attached hydrogen (secondary N) is 1. The number of hydrogen-bond donors (Lipinski definition) is 1. The maximum atomic E-state index is 13.6. The van der Waals surface area contributed by atoms with Crippen LogP contribution in [0.3, 0.4) is 0 Å². The van der Waals surface area contributed by atoms with Crippen molar-refractivity contribution < 1.29 is 14.3 Å². The second kappa shape index (κ2) is 10.8. The van der Waals surface area contributed by atoms with Crippen LogP contribution >= 0.6 is 11.3 Å². The van der Waals surface area contributed by atoms with Crippen molar-refractivity contribution in [3.05, 3.63) is 77.0 Å². The molecule has 4 rings (SSSR count). The Hall–Kier alpha value is -3.56. The van der Waals surface area contributed by atoms with Crippen LogP contribution in [0.1, 0.15) is 43.0 Å². The van der Waals surface area contributed by atoms with Gasteiger partial charge in [0.1, 0.15) is 5.75 Å². The average molecular weight is 459 g/mol. The average Bonchev–Trinajstić information content (AvgIpc) is 3.38. The molecule has 1 N–H and O–H groups in total. The zero-order chi connectivity index (χ0) is 23.0. The van der Waals surface area contributed by atoms with Gasteiger partial charge < -0.3 is 10.1 Å². The largest absolute Gasteiger partial charge is 0.455 e. The van der Waals surface area contributed by atoms with Crippen molar-refractivity contribution >= 4 is 28.8 Å². The number of carbonyl (C=O) groups is 2. The first-order valence-corrected chi connectivity index (χ1v) is 12.0. The summed E-state index contributed by atoms with van der Waals surface area (Å²) in [5, 5.41) is 5.06. The lowest BCUT2D eigenvalue weighted by Crippen LogP contribution is -2.46. The molecule has 1 aliphatic rings. The number of terminal acetylenes is 1. The molecule has 1 atom stereocenters. The van der Waals surface area contributed by atoms with Crippen LogP contribution in [0.25, 0.3) is 0 Å². The minimum absolute atomic E-state index is 0.104. The van der Waals surface area contributed by atoms with Gasteiger partial charge in [-0.25, -0.2) is 0 Å². The number of hydrogen-bond acceptors (Lipinski definition) is 4. The van der Waals surface area contributed by atoms with E-state index < -0.39 is 11.9 Å². The van der Waals surface area contributed by atoms with Gasteiger partial charge in [0, 0.05) is 10.9 Å². The Kier molecular flexibility index (Phi) is 7.43. The lowest BCUT2D eigenvalue weighted by molar-refractivity contribution is -0.125. The number of anilines is 1. The van der Waals surface area contributed by atoms with Crippen LogP contribution in [0.15, 0.2) is 72.1 Å². The summed E-state index contributed by atoms with van der Waals surface area (Å²) in [5.41, 5.74) is 0.446. The molecule has 1 aromatic heterocycles. The molecule has 0 radical (unpaired) electrons. The topological polar surface area (TPSA) is 58.6 Å². The summed E-state index contributed by atoms with van der Waals surface area (Å²) in [6.07, 6.45) is 10.8. The van der Waals surface area contributed by atoms with Crippen LogP contribution < -0.4 is 15.0 Å². The fraction of sp³-hybridized carbons (Fsp3) is 0.259. The van der Waals surface area contributed by atoms with Crippen LogP contribution in [0, 0.1) is 12.3 Å². The van der Waals surface area contributed by atoms with E-state index >= 15 is 0 Å². The molecule has 1 saturated carbocycles. The number of thiophene rings is 1. The maximum Gasteiger partial charge on any atom is 0.303 e. The maximum absolute atomic E-state index is 13.6. The highest BCUT2D eigenvalue weighted by molar-refractivity contribution is 7.10. The van der Waals surface area contributed by atoms with Gasteiger partial charge in [-0.05, 0) is 54.5 Å². The first-order valence-electron chi connectivity index (χ1n) is 11.1. The highest BCUT2D eigenvalue weighted by Gasteiger charge is 2.35. The second-order valence-corrected chi connectivity index (χ2v) is 8.94. The quantitative estimate of drug-likeness (QED) is 0.462. The van der Waals surface area contributed by atoms with E-state index in [1.54, 1.807) is 18.2 Å². The molecule has 0 aliphatic heterocycles. The predicted molar refractivity (Wildman–Crippen MR) is 131 cm³/mol. The third-order valence-corrected chi connectivity index (χ3v) is 6.63. The lowest BCUT2D eigenvalue weighted by atomic mass is 9.95. The van der Waals surface area contributed by atoms with Crippen molar-refractivity contribution in [3.63, 3.8) is 0 Å². The third-order valence-electron chi connectivity index (χ3n) is 5.71. The van der Waals surface area contributed by atoms with E-state index in [4.69, 9.17) is 11.2 Å². The molecule has 1 unspecified atom stereocenters. The smallest absolute Gasteiger partial charge is 0.303 e. The summed E-state index contributed by atoms with van der Waals surface area (Å²) in [4.78, 5) is 28.8. The Labute approximate surface area is 198 Å². The molecule has 168 valence electrons. The summed E-state index contributed by atoms with van der Waals surface area (Å²) >= 11 is 1.42. The third kappa shape index (κ3) is 5.44. The monoisotopic (exact) mass is 458 g/mol. The minimum atomic E-state index is -0.893. The summed E-state index contributed by atoms with van der Waals surface area (Å²) in [6.45, 7) is 0. The van der Waals surface area contributed by atoms with Crippen molar-refractivity contribution in [1.29, 1.82) is 0 Å². The highest BCUT2D eigenvalue weighted by atomic mass is 32.1. The Bertz CT molecular complexity index is 1120. The lowest BCUT2D eigenvalue weighted by Gasteiger charge is -2.32. The molecule has 1 fully saturated rings. The Morgan fingerprint density at radius 3 is 2.42 bits per heavy atom. The number of carbonyl (C=O) groups excluding carboxylic acids is 2. The fourth-order valence-electron chi connectivity index (χ4n) is 4.14. The molecule has 0 saturated heterocycles. The molecule has 2 amide bonds. The zero-order valence-corrected chi connectivity index (χ0v) is 19.1. The molecule has 1 aliphatic carbocycles. The van der Waals surface area contributed by atoms with Gasteiger partial charge in [-0.1, -0.05) is 55.7 Å². The Morgan fingerprint density at radius 2 is 1.73 bits per heavy atom. The van der Waals surface area contributed by atoms with E-state index in [2.05, 4.69) is 11.2 Å².